The first-order valence-electron chi connectivity index (χ1n) is 8.18. The van der Waals surface area contributed by atoms with Crippen molar-refractivity contribution in [3.8, 4) is 5.75 Å². The highest BCUT2D eigenvalue weighted by Crippen LogP contribution is 2.30. The lowest BCUT2D eigenvalue weighted by molar-refractivity contribution is 0.254. The Labute approximate surface area is 123 Å². The van der Waals surface area contributed by atoms with Gasteiger partial charge in [-0.05, 0) is 68.8 Å². The standard InChI is InChI=1S/C18H29NO/c1-4-10-19-11-9-14(2)5-6-16-7-8-18-17(13-16)12-15(3)20-18/h7-8,13-15,19H,4-6,9-12H2,1-3H3. The zero-order valence-electron chi connectivity index (χ0n) is 13.2. The van der Waals surface area contributed by atoms with Crippen LogP contribution >= 0.6 is 0 Å². The molecular formula is C18H29NO. The Morgan fingerprint density at radius 3 is 2.95 bits per heavy atom. The second kappa shape index (κ2) is 7.68. The molecule has 1 heterocycles. The SMILES string of the molecule is CCCNCCC(C)CCc1ccc2c(c1)CC(C)O2. The summed E-state index contributed by atoms with van der Waals surface area (Å²) in [5.74, 6) is 1.89. The molecule has 0 radical (unpaired) electrons. The Morgan fingerprint density at radius 2 is 2.15 bits per heavy atom. The van der Waals surface area contributed by atoms with Crippen molar-refractivity contribution in [2.75, 3.05) is 13.1 Å². The molecule has 0 spiro atoms. The number of aryl methyl sites for hydroxylation is 1. The van der Waals surface area contributed by atoms with Crippen LogP contribution in [-0.2, 0) is 12.8 Å². The summed E-state index contributed by atoms with van der Waals surface area (Å²) in [5, 5.41) is 3.49. The van der Waals surface area contributed by atoms with Crippen LogP contribution in [0.3, 0.4) is 0 Å². The Kier molecular flexibility index (Phi) is 5.90. The number of hydrogen-bond acceptors (Lipinski definition) is 2. The molecule has 20 heavy (non-hydrogen) atoms. The number of nitrogens with one attached hydrogen (secondary N) is 1. The number of rotatable bonds is 8. The van der Waals surface area contributed by atoms with Gasteiger partial charge >= 0.3 is 0 Å². The van der Waals surface area contributed by atoms with Crippen LogP contribution in [0.15, 0.2) is 18.2 Å². The number of fused-ring (bicyclic) bond motifs is 1. The van der Waals surface area contributed by atoms with Crippen molar-refractivity contribution >= 4 is 0 Å². The molecule has 1 N–H and O–H groups in total. The minimum Gasteiger partial charge on any atom is -0.490 e. The molecule has 2 heteroatoms. The molecule has 0 amide bonds. The van der Waals surface area contributed by atoms with Crippen LogP contribution in [0.2, 0.25) is 0 Å². The monoisotopic (exact) mass is 275 g/mol. The van der Waals surface area contributed by atoms with Crippen LogP contribution in [0.4, 0.5) is 0 Å². The van der Waals surface area contributed by atoms with Gasteiger partial charge < -0.3 is 10.1 Å². The van der Waals surface area contributed by atoms with Gasteiger partial charge in [-0.15, -0.1) is 0 Å². The summed E-state index contributed by atoms with van der Waals surface area (Å²) >= 11 is 0. The molecule has 2 nitrogen and oxygen atoms in total. The Morgan fingerprint density at radius 1 is 1.30 bits per heavy atom. The van der Waals surface area contributed by atoms with E-state index in [4.69, 9.17) is 4.74 Å². The quantitative estimate of drug-likeness (QED) is 0.725. The summed E-state index contributed by atoms with van der Waals surface area (Å²) < 4.78 is 5.76. The lowest BCUT2D eigenvalue weighted by Gasteiger charge is -2.12. The maximum Gasteiger partial charge on any atom is 0.123 e. The van der Waals surface area contributed by atoms with Crippen molar-refractivity contribution in [1.29, 1.82) is 0 Å². The summed E-state index contributed by atoms with van der Waals surface area (Å²) in [6, 6.07) is 6.74. The third-order valence-electron chi connectivity index (χ3n) is 4.13. The molecule has 2 unspecified atom stereocenters. The van der Waals surface area contributed by atoms with E-state index in [1.807, 2.05) is 0 Å². The van der Waals surface area contributed by atoms with Gasteiger partial charge in [0.15, 0.2) is 0 Å². The Hall–Kier alpha value is -1.02. The first-order valence-corrected chi connectivity index (χ1v) is 8.18. The van der Waals surface area contributed by atoms with E-state index < -0.39 is 0 Å². The average molecular weight is 275 g/mol. The second-order valence-electron chi connectivity index (χ2n) is 6.26. The molecule has 0 bridgehead atoms. The number of hydrogen-bond donors (Lipinski definition) is 1. The van der Waals surface area contributed by atoms with E-state index in [0.29, 0.717) is 6.10 Å². The lowest BCUT2D eigenvalue weighted by atomic mass is 9.96. The predicted molar refractivity (Wildman–Crippen MR) is 85.5 cm³/mol. The van der Waals surface area contributed by atoms with E-state index >= 15 is 0 Å². The van der Waals surface area contributed by atoms with Crippen molar-refractivity contribution < 1.29 is 4.74 Å². The minimum atomic E-state index is 0.351. The molecule has 1 aliphatic heterocycles. The third kappa shape index (κ3) is 4.52. The predicted octanol–water partition coefficient (Wildman–Crippen LogP) is 3.97. The van der Waals surface area contributed by atoms with Crippen LogP contribution < -0.4 is 10.1 Å². The fourth-order valence-corrected chi connectivity index (χ4v) is 2.84. The van der Waals surface area contributed by atoms with Crippen LogP contribution in [-0.4, -0.2) is 19.2 Å². The molecule has 0 aromatic heterocycles. The van der Waals surface area contributed by atoms with Crippen LogP contribution in [0.25, 0.3) is 0 Å². The maximum atomic E-state index is 5.76. The van der Waals surface area contributed by atoms with Gasteiger partial charge in [0.25, 0.3) is 0 Å². The van der Waals surface area contributed by atoms with Crippen molar-refractivity contribution in [3.63, 3.8) is 0 Å². The van der Waals surface area contributed by atoms with Crippen LogP contribution in [0.5, 0.6) is 5.75 Å². The van der Waals surface area contributed by atoms with E-state index in [1.54, 1.807) is 0 Å². The van der Waals surface area contributed by atoms with Crippen molar-refractivity contribution in [1.82, 2.24) is 5.32 Å². The fraction of sp³-hybridized carbons (Fsp3) is 0.667. The first kappa shape index (κ1) is 15.4. The molecule has 1 aromatic carbocycles. The molecule has 1 aromatic rings. The van der Waals surface area contributed by atoms with Crippen molar-refractivity contribution in [2.45, 2.75) is 59.0 Å². The summed E-state index contributed by atoms with van der Waals surface area (Å²) in [7, 11) is 0. The van der Waals surface area contributed by atoms with E-state index in [9.17, 15) is 0 Å². The smallest absolute Gasteiger partial charge is 0.123 e. The van der Waals surface area contributed by atoms with Gasteiger partial charge in [0.05, 0.1) is 0 Å². The molecule has 0 saturated carbocycles. The second-order valence-corrected chi connectivity index (χ2v) is 6.26. The van der Waals surface area contributed by atoms with E-state index in [0.717, 1.165) is 31.2 Å². The number of benzene rings is 1. The van der Waals surface area contributed by atoms with Gasteiger partial charge in [-0.2, -0.15) is 0 Å². The highest BCUT2D eigenvalue weighted by atomic mass is 16.5. The summed E-state index contributed by atoms with van der Waals surface area (Å²) in [5.41, 5.74) is 2.86. The van der Waals surface area contributed by atoms with Gasteiger partial charge in [-0.1, -0.05) is 26.0 Å². The maximum absolute atomic E-state index is 5.76. The van der Waals surface area contributed by atoms with E-state index in [-0.39, 0.29) is 0 Å². The fourth-order valence-electron chi connectivity index (χ4n) is 2.84. The van der Waals surface area contributed by atoms with E-state index in [2.05, 4.69) is 44.3 Å². The van der Waals surface area contributed by atoms with Gasteiger partial charge in [0.1, 0.15) is 11.9 Å². The van der Waals surface area contributed by atoms with Crippen molar-refractivity contribution in [3.05, 3.63) is 29.3 Å². The molecular weight excluding hydrogens is 246 g/mol. The topological polar surface area (TPSA) is 21.3 Å². The molecule has 2 atom stereocenters. The molecule has 1 aliphatic rings. The summed E-state index contributed by atoms with van der Waals surface area (Å²) in [6.45, 7) is 9.03. The zero-order valence-corrected chi connectivity index (χ0v) is 13.2. The zero-order chi connectivity index (χ0) is 14.4. The molecule has 0 fully saturated rings. The molecule has 0 aliphatic carbocycles. The summed E-state index contributed by atoms with van der Waals surface area (Å²) in [6.07, 6.45) is 6.40. The van der Waals surface area contributed by atoms with Gasteiger partial charge in [-0.25, -0.2) is 0 Å². The summed E-state index contributed by atoms with van der Waals surface area (Å²) in [4.78, 5) is 0. The Bertz CT molecular complexity index is 416. The van der Waals surface area contributed by atoms with Crippen LogP contribution in [0.1, 0.15) is 51.2 Å². The molecule has 112 valence electrons. The number of ether oxygens (including phenoxy) is 1. The van der Waals surface area contributed by atoms with E-state index in [1.165, 1.54) is 36.8 Å². The first-order chi connectivity index (χ1) is 9.69. The van der Waals surface area contributed by atoms with Gasteiger partial charge in [-0.3, -0.25) is 0 Å². The largest absolute Gasteiger partial charge is 0.490 e. The average Bonchev–Trinajstić information content (AvgIpc) is 2.80. The lowest BCUT2D eigenvalue weighted by Crippen LogP contribution is -2.18. The van der Waals surface area contributed by atoms with Crippen molar-refractivity contribution in [2.24, 2.45) is 5.92 Å². The minimum absolute atomic E-state index is 0.351. The van der Waals surface area contributed by atoms with Gasteiger partial charge in [0.2, 0.25) is 0 Å². The molecule has 2 rings (SSSR count). The third-order valence-corrected chi connectivity index (χ3v) is 4.13. The van der Waals surface area contributed by atoms with Crippen LogP contribution in [0, 0.1) is 5.92 Å². The highest BCUT2D eigenvalue weighted by molar-refractivity contribution is 5.40. The molecule has 0 saturated heterocycles. The highest BCUT2D eigenvalue weighted by Gasteiger charge is 2.18. The van der Waals surface area contributed by atoms with Gasteiger partial charge in [0, 0.05) is 6.42 Å². The Balaban J connectivity index is 1.73. The normalized spacial score (nSPS) is 18.6.